The van der Waals surface area contributed by atoms with Gasteiger partial charge >= 0.3 is 6.03 Å². The summed E-state index contributed by atoms with van der Waals surface area (Å²) in [6.07, 6.45) is 5.11. The predicted octanol–water partition coefficient (Wildman–Crippen LogP) is 4.54. The van der Waals surface area contributed by atoms with E-state index in [1.165, 1.54) is 0 Å². The SMILES string of the molecule is CC1CCN(c2ccc(-c3cccc(CN(CCCN)C(=O)C4CC4)c3)cc2NC(=O)N2CCOCC2)CC1. The van der Waals surface area contributed by atoms with Gasteiger partial charge in [-0.25, -0.2) is 4.79 Å². The molecular formula is C31H43N5O3. The molecule has 0 atom stereocenters. The fourth-order valence-corrected chi connectivity index (χ4v) is 5.51. The lowest BCUT2D eigenvalue weighted by atomic mass is 9.97. The van der Waals surface area contributed by atoms with Gasteiger partial charge in [-0.2, -0.15) is 0 Å². The van der Waals surface area contributed by atoms with E-state index < -0.39 is 0 Å². The highest BCUT2D eigenvalue weighted by Gasteiger charge is 2.33. The normalized spacial score (nSPS) is 18.2. The number of urea groups is 1. The number of morpholine rings is 1. The number of nitrogens with two attached hydrogens (primary N) is 1. The first-order valence-corrected chi connectivity index (χ1v) is 14.6. The van der Waals surface area contributed by atoms with Crippen LogP contribution in [0.1, 0.15) is 44.6 Å². The van der Waals surface area contributed by atoms with Gasteiger partial charge in [-0.1, -0.05) is 31.2 Å². The van der Waals surface area contributed by atoms with E-state index in [2.05, 4.69) is 59.6 Å². The molecule has 2 aromatic carbocycles. The van der Waals surface area contributed by atoms with Crippen LogP contribution in [-0.2, 0) is 16.1 Å². The zero-order chi connectivity index (χ0) is 27.2. The molecule has 2 saturated heterocycles. The minimum Gasteiger partial charge on any atom is -0.378 e. The van der Waals surface area contributed by atoms with Crippen molar-refractivity contribution < 1.29 is 14.3 Å². The molecule has 8 nitrogen and oxygen atoms in total. The fourth-order valence-electron chi connectivity index (χ4n) is 5.51. The molecule has 0 aromatic heterocycles. The van der Waals surface area contributed by atoms with E-state index in [0.717, 1.165) is 79.2 Å². The van der Waals surface area contributed by atoms with Gasteiger partial charge in [-0.3, -0.25) is 4.79 Å². The van der Waals surface area contributed by atoms with Crippen LogP contribution in [0, 0.1) is 11.8 Å². The van der Waals surface area contributed by atoms with Crippen molar-refractivity contribution in [1.82, 2.24) is 9.80 Å². The third-order valence-corrected chi connectivity index (χ3v) is 8.16. The summed E-state index contributed by atoms with van der Waals surface area (Å²) in [5.41, 5.74) is 10.9. The Morgan fingerprint density at radius 2 is 1.74 bits per heavy atom. The van der Waals surface area contributed by atoms with Crippen molar-refractivity contribution in [3.63, 3.8) is 0 Å². The van der Waals surface area contributed by atoms with Crippen molar-refractivity contribution in [1.29, 1.82) is 0 Å². The summed E-state index contributed by atoms with van der Waals surface area (Å²) in [6, 6.07) is 14.7. The maximum Gasteiger partial charge on any atom is 0.322 e. The van der Waals surface area contributed by atoms with Crippen LogP contribution in [-0.4, -0.2) is 74.2 Å². The van der Waals surface area contributed by atoms with Crippen molar-refractivity contribution in [3.8, 4) is 11.1 Å². The number of piperidine rings is 1. The van der Waals surface area contributed by atoms with Gasteiger partial charge in [0.05, 0.1) is 24.6 Å². The Bertz CT molecular complexity index is 1140. The monoisotopic (exact) mass is 533 g/mol. The molecule has 8 heteroatoms. The molecule has 39 heavy (non-hydrogen) atoms. The number of carbonyl (C=O) groups is 2. The van der Waals surface area contributed by atoms with Gasteiger partial charge in [0.25, 0.3) is 0 Å². The molecule has 0 spiro atoms. The van der Waals surface area contributed by atoms with E-state index in [1.54, 1.807) is 0 Å². The average Bonchev–Trinajstić information content (AvgIpc) is 3.82. The molecule has 3 aliphatic rings. The quantitative estimate of drug-likeness (QED) is 0.494. The van der Waals surface area contributed by atoms with E-state index >= 15 is 0 Å². The number of benzene rings is 2. The number of nitrogens with one attached hydrogen (secondary N) is 1. The molecule has 210 valence electrons. The molecule has 0 bridgehead atoms. The minimum absolute atomic E-state index is 0.0787. The van der Waals surface area contributed by atoms with Crippen molar-refractivity contribution in [2.75, 3.05) is 62.7 Å². The maximum absolute atomic E-state index is 13.2. The predicted molar refractivity (Wildman–Crippen MR) is 156 cm³/mol. The Hall–Kier alpha value is -3.10. The van der Waals surface area contributed by atoms with Crippen molar-refractivity contribution >= 4 is 23.3 Å². The van der Waals surface area contributed by atoms with Crippen LogP contribution in [0.4, 0.5) is 16.2 Å². The molecule has 2 aliphatic heterocycles. The molecule has 5 rings (SSSR count). The van der Waals surface area contributed by atoms with E-state index in [1.807, 2.05) is 9.80 Å². The standard InChI is InChI=1S/C31H43N5O3/c1-23-10-14-34(15-11-23)29-9-8-27(21-28(29)33-31(38)35-16-18-39-19-17-35)26-5-2-4-24(20-26)22-36(13-3-12-32)30(37)25-6-7-25/h2,4-5,8-9,20-21,23,25H,3,6-7,10-19,22,32H2,1H3,(H,33,38). The van der Waals surface area contributed by atoms with Gasteiger partial charge in [0.1, 0.15) is 0 Å². The van der Waals surface area contributed by atoms with Crippen LogP contribution in [0.2, 0.25) is 0 Å². The zero-order valence-electron chi connectivity index (χ0n) is 23.2. The summed E-state index contributed by atoms with van der Waals surface area (Å²) in [5, 5.41) is 3.23. The van der Waals surface area contributed by atoms with Crippen molar-refractivity contribution in [3.05, 3.63) is 48.0 Å². The molecule has 2 heterocycles. The molecule has 3 amide bonds. The van der Waals surface area contributed by atoms with Crippen LogP contribution >= 0.6 is 0 Å². The summed E-state index contributed by atoms with van der Waals surface area (Å²) < 4.78 is 5.44. The van der Waals surface area contributed by atoms with Gasteiger partial charge in [-0.05, 0) is 79.5 Å². The first kappa shape index (κ1) is 27.5. The highest BCUT2D eigenvalue weighted by atomic mass is 16.5. The van der Waals surface area contributed by atoms with Gasteiger partial charge in [-0.15, -0.1) is 0 Å². The van der Waals surface area contributed by atoms with Crippen LogP contribution in [0.25, 0.3) is 11.1 Å². The smallest absolute Gasteiger partial charge is 0.322 e. The number of hydrogen-bond acceptors (Lipinski definition) is 5. The highest BCUT2D eigenvalue weighted by Crippen LogP contribution is 2.35. The molecular weight excluding hydrogens is 490 g/mol. The van der Waals surface area contributed by atoms with Crippen LogP contribution in [0.15, 0.2) is 42.5 Å². The lowest BCUT2D eigenvalue weighted by Gasteiger charge is -2.34. The van der Waals surface area contributed by atoms with E-state index in [-0.39, 0.29) is 17.9 Å². The zero-order valence-corrected chi connectivity index (χ0v) is 23.2. The number of amides is 3. The number of rotatable bonds is 9. The number of carbonyl (C=O) groups excluding carboxylic acids is 2. The second-order valence-electron chi connectivity index (χ2n) is 11.3. The van der Waals surface area contributed by atoms with Gasteiger partial charge in [0, 0.05) is 45.2 Å². The lowest BCUT2D eigenvalue weighted by molar-refractivity contribution is -0.133. The molecule has 2 aromatic rings. The Balaban J connectivity index is 1.39. The summed E-state index contributed by atoms with van der Waals surface area (Å²) in [5.74, 6) is 1.17. The number of hydrogen-bond donors (Lipinski definition) is 2. The van der Waals surface area contributed by atoms with Crippen molar-refractivity contribution in [2.45, 2.75) is 45.6 Å². The van der Waals surface area contributed by atoms with Crippen LogP contribution in [0.5, 0.6) is 0 Å². The Kier molecular flexibility index (Phi) is 9.04. The third kappa shape index (κ3) is 7.11. The minimum atomic E-state index is -0.0787. The molecule has 0 unspecified atom stereocenters. The van der Waals surface area contributed by atoms with Crippen LogP contribution < -0.4 is 16.0 Å². The largest absolute Gasteiger partial charge is 0.378 e. The molecule has 1 aliphatic carbocycles. The number of ether oxygens (including phenoxy) is 1. The molecule has 3 fully saturated rings. The highest BCUT2D eigenvalue weighted by molar-refractivity contribution is 5.95. The van der Waals surface area contributed by atoms with E-state index in [4.69, 9.17) is 10.5 Å². The van der Waals surface area contributed by atoms with E-state index in [0.29, 0.717) is 45.9 Å². The van der Waals surface area contributed by atoms with Crippen molar-refractivity contribution in [2.24, 2.45) is 17.6 Å². The topological polar surface area (TPSA) is 91.1 Å². The van der Waals surface area contributed by atoms with Gasteiger partial charge in [0.2, 0.25) is 5.91 Å². The second kappa shape index (κ2) is 12.8. The summed E-state index contributed by atoms with van der Waals surface area (Å²) in [4.78, 5) is 32.3. The molecule has 1 saturated carbocycles. The first-order chi connectivity index (χ1) is 19.0. The first-order valence-electron chi connectivity index (χ1n) is 14.6. The maximum atomic E-state index is 13.2. The second-order valence-corrected chi connectivity index (χ2v) is 11.3. The Labute approximate surface area is 232 Å². The molecule has 3 N–H and O–H groups in total. The summed E-state index contributed by atoms with van der Waals surface area (Å²) >= 11 is 0. The number of anilines is 2. The Morgan fingerprint density at radius 1 is 1.00 bits per heavy atom. The fraction of sp³-hybridized carbons (Fsp3) is 0.548. The summed E-state index contributed by atoms with van der Waals surface area (Å²) in [7, 11) is 0. The third-order valence-electron chi connectivity index (χ3n) is 8.16. The van der Waals surface area contributed by atoms with E-state index in [9.17, 15) is 9.59 Å². The van der Waals surface area contributed by atoms with Gasteiger partial charge < -0.3 is 30.5 Å². The average molecular weight is 534 g/mol. The molecule has 0 radical (unpaired) electrons. The summed E-state index contributed by atoms with van der Waals surface area (Å²) in [6.45, 7) is 8.50. The van der Waals surface area contributed by atoms with Gasteiger partial charge in [0.15, 0.2) is 0 Å². The lowest BCUT2D eigenvalue weighted by Crippen LogP contribution is -2.43. The number of nitrogens with zero attached hydrogens (tertiary/aromatic N) is 3. The van der Waals surface area contributed by atoms with Crippen LogP contribution in [0.3, 0.4) is 0 Å². The Morgan fingerprint density at radius 3 is 2.46 bits per heavy atom.